The lowest BCUT2D eigenvalue weighted by molar-refractivity contribution is -0.110. The van der Waals surface area contributed by atoms with Crippen molar-refractivity contribution in [2.45, 2.75) is 69.3 Å². The van der Waals surface area contributed by atoms with Gasteiger partial charge in [0.05, 0.1) is 29.4 Å². The maximum atomic E-state index is 12.9. The summed E-state index contributed by atoms with van der Waals surface area (Å²) < 4.78 is 42.5. The normalized spacial score (nSPS) is 27.9. The number of cyclic esters (lactones) is 1. The maximum absolute atomic E-state index is 12.9. The molecule has 0 aromatic heterocycles. The Morgan fingerprint density at radius 2 is 1.88 bits per heavy atom. The Morgan fingerprint density at radius 1 is 1.21 bits per heavy atom. The van der Waals surface area contributed by atoms with Gasteiger partial charge in [0.1, 0.15) is 18.0 Å². The molecule has 1 aromatic rings. The lowest BCUT2D eigenvalue weighted by Gasteiger charge is -2.22. The predicted octanol–water partition coefficient (Wildman–Crippen LogP) is 3.22. The van der Waals surface area contributed by atoms with Crippen molar-refractivity contribution in [2.75, 3.05) is 12.3 Å². The van der Waals surface area contributed by atoms with Crippen molar-refractivity contribution in [1.29, 1.82) is 0 Å². The fraction of sp³-hybridized carbons (Fsp3) is 0.609. The van der Waals surface area contributed by atoms with Gasteiger partial charge in [-0.05, 0) is 38.8 Å². The van der Waals surface area contributed by atoms with Crippen LogP contribution in [0.3, 0.4) is 0 Å². The molecule has 2 fully saturated rings. The molecule has 0 unspecified atom stereocenters. The van der Waals surface area contributed by atoms with E-state index in [-0.39, 0.29) is 36.0 Å². The van der Waals surface area contributed by atoms with Gasteiger partial charge in [-0.15, -0.1) is 0 Å². The van der Waals surface area contributed by atoms with Gasteiger partial charge in [0.2, 0.25) is 0 Å². The maximum Gasteiger partial charge on any atom is 0.419 e. The molecule has 2 aliphatic rings. The highest BCUT2D eigenvalue weighted by Crippen LogP contribution is 2.38. The molecular formula is C23H31NO8S. The first-order chi connectivity index (χ1) is 15.4. The molecule has 1 aromatic carbocycles. The molecule has 182 valence electrons. The fourth-order valence-corrected chi connectivity index (χ4v) is 6.05. The number of aldehydes is 1. The molecule has 2 amide bonds. The summed E-state index contributed by atoms with van der Waals surface area (Å²) in [5, 5.41) is 0. The number of rotatable bonds is 7. The van der Waals surface area contributed by atoms with E-state index in [2.05, 4.69) is 0 Å². The zero-order valence-electron chi connectivity index (χ0n) is 19.3. The number of ether oxygens (including phenoxy) is 3. The van der Waals surface area contributed by atoms with E-state index in [1.165, 1.54) is 0 Å². The average molecular weight is 482 g/mol. The first-order valence-corrected chi connectivity index (χ1v) is 12.6. The molecule has 2 saturated heterocycles. The van der Waals surface area contributed by atoms with E-state index in [1.54, 1.807) is 51.1 Å². The smallest absolute Gasteiger partial charge is 0.419 e. The van der Waals surface area contributed by atoms with Crippen LogP contribution in [0.25, 0.3) is 0 Å². The van der Waals surface area contributed by atoms with E-state index in [1.807, 2.05) is 6.92 Å². The lowest BCUT2D eigenvalue weighted by atomic mass is 9.87. The fourth-order valence-electron chi connectivity index (χ4n) is 4.27. The third-order valence-corrected chi connectivity index (χ3v) is 7.73. The highest BCUT2D eigenvalue weighted by atomic mass is 32.2. The molecule has 0 N–H and O–H groups in total. The molecule has 9 nitrogen and oxygen atoms in total. The summed E-state index contributed by atoms with van der Waals surface area (Å²) >= 11 is 0. The topological polar surface area (TPSA) is 116 Å². The molecule has 10 heteroatoms. The molecule has 0 spiro atoms. The van der Waals surface area contributed by atoms with Crippen LogP contribution in [0, 0.1) is 11.8 Å². The predicted molar refractivity (Wildman–Crippen MR) is 118 cm³/mol. The van der Waals surface area contributed by atoms with E-state index < -0.39 is 51.9 Å². The molecule has 2 aliphatic heterocycles. The zero-order chi connectivity index (χ0) is 24.4. The van der Waals surface area contributed by atoms with Gasteiger partial charge in [0.25, 0.3) is 0 Å². The summed E-state index contributed by atoms with van der Waals surface area (Å²) in [6.07, 6.45) is -2.08. The number of imide groups is 1. The second-order valence-electron chi connectivity index (χ2n) is 9.57. The van der Waals surface area contributed by atoms with Gasteiger partial charge in [-0.25, -0.2) is 22.9 Å². The summed E-state index contributed by atoms with van der Waals surface area (Å²) in [5.74, 6) is -0.756. The Balaban J connectivity index is 1.68. The van der Waals surface area contributed by atoms with Gasteiger partial charge in [-0.3, -0.25) is 0 Å². The Morgan fingerprint density at radius 3 is 2.48 bits per heavy atom. The molecule has 0 radical (unpaired) electrons. The molecule has 2 heterocycles. The number of hydrogen-bond acceptors (Lipinski definition) is 8. The summed E-state index contributed by atoms with van der Waals surface area (Å²) in [5.41, 5.74) is -0.752. The number of hydrogen-bond donors (Lipinski definition) is 0. The molecule has 5 atom stereocenters. The van der Waals surface area contributed by atoms with Gasteiger partial charge in [-0.2, -0.15) is 0 Å². The van der Waals surface area contributed by atoms with Gasteiger partial charge < -0.3 is 19.0 Å². The average Bonchev–Trinajstić information content (AvgIpc) is 3.22. The van der Waals surface area contributed by atoms with Gasteiger partial charge in [-0.1, -0.05) is 25.1 Å². The monoisotopic (exact) mass is 481 g/mol. The van der Waals surface area contributed by atoms with Gasteiger partial charge in [0, 0.05) is 18.8 Å². The van der Waals surface area contributed by atoms with E-state index in [9.17, 15) is 22.8 Å². The summed E-state index contributed by atoms with van der Waals surface area (Å²) in [6.45, 7) is 7.01. The van der Waals surface area contributed by atoms with Crippen LogP contribution in [0.2, 0.25) is 0 Å². The number of nitrogens with zero attached hydrogens (tertiary/aromatic N) is 1. The Labute approximate surface area is 194 Å². The van der Waals surface area contributed by atoms with Crippen LogP contribution in [-0.4, -0.2) is 68.0 Å². The van der Waals surface area contributed by atoms with Crippen LogP contribution in [-0.2, 0) is 28.8 Å². The molecule has 33 heavy (non-hydrogen) atoms. The van der Waals surface area contributed by atoms with Crippen molar-refractivity contribution in [3.8, 4) is 0 Å². The van der Waals surface area contributed by atoms with Crippen molar-refractivity contribution in [3.05, 3.63) is 30.3 Å². The largest absolute Gasteiger partial charge is 0.444 e. The summed E-state index contributed by atoms with van der Waals surface area (Å²) in [7, 11) is -3.58. The SMILES string of the molecule is C[C@@H]1[C@@H](CS(=O)(=O)c2ccccc2)[C@H](CC=O)O[C@@H]1C[C@H]1CN(C(=O)OC(C)(C)C)C(=O)O1. The van der Waals surface area contributed by atoms with Crippen LogP contribution in [0.15, 0.2) is 35.2 Å². The second-order valence-corrected chi connectivity index (χ2v) is 11.6. The minimum atomic E-state index is -3.58. The third kappa shape index (κ3) is 6.11. The Bertz CT molecular complexity index is 972. The van der Waals surface area contributed by atoms with Crippen LogP contribution < -0.4 is 0 Å². The van der Waals surface area contributed by atoms with Gasteiger partial charge in [0.15, 0.2) is 9.84 Å². The minimum Gasteiger partial charge on any atom is -0.444 e. The molecule has 0 bridgehead atoms. The van der Waals surface area contributed by atoms with Crippen LogP contribution in [0.5, 0.6) is 0 Å². The van der Waals surface area contributed by atoms with E-state index in [0.717, 1.165) is 11.2 Å². The summed E-state index contributed by atoms with van der Waals surface area (Å²) in [6, 6.07) is 8.17. The highest BCUT2D eigenvalue weighted by Gasteiger charge is 2.47. The molecule has 0 saturated carbocycles. The van der Waals surface area contributed by atoms with Crippen molar-refractivity contribution in [3.63, 3.8) is 0 Å². The van der Waals surface area contributed by atoms with Crippen LogP contribution in [0.4, 0.5) is 9.59 Å². The summed E-state index contributed by atoms with van der Waals surface area (Å²) in [4.78, 5) is 36.8. The minimum absolute atomic E-state index is 0.0195. The Kier molecular flexibility index (Phi) is 7.48. The molecule has 0 aliphatic carbocycles. The van der Waals surface area contributed by atoms with Crippen LogP contribution in [0.1, 0.15) is 40.5 Å². The number of benzene rings is 1. The molecular weight excluding hydrogens is 450 g/mol. The lowest BCUT2D eigenvalue weighted by Crippen LogP contribution is -2.38. The molecule has 3 rings (SSSR count). The van der Waals surface area contributed by atoms with Crippen molar-refractivity contribution in [2.24, 2.45) is 11.8 Å². The first kappa shape index (κ1) is 25.2. The van der Waals surface area contributed by atoms with Crippen LogP contribution >= 0.6 is 0 Å². The Hall–Kier alpha value is -2.46. The number of sulfone groups is 1. The third-order valence-electron chi connectivity index (χ3n) is 5.91. The second kappa shape index (κ2) is 9.80. The van der Waals surface area contributed by atoms with Crippen molar-refractivity contribution >= 4 is 28.3 Å². The van der Waals surface area contributed by atoms with E-state index in [0.29, 0.717) is 0 Å². The number of carbonyl (C=O) groups excluding carboxylic acids is 3. The highest BCUT2D eigenvalue weighted by molar-refractivity contribution is 7.91. The van der Waals surface area contributed by atoms with Crippen molar-refractivity contribution in [1.82, 2.24) is 4.90 Å². The standard InChI is InChI=1S/C23H31NO8S/c1-15-18(14-33(28,29)17-8-6-5-7-9-17)19(10-11-25)31-20(15)12-16-13-24(21(26)30-16)22(27)32-23(2,3)4/h5-9,11,15-16,18-20H,10,12-14H2,1-4H3/t15-,16+,18-,19+,20-/m1/s1. The van der Waals surface area contributed by atoms with E-state index >= 15 is 0 Å². The van der Waals surface area contributed by atoms with Gasteiger partial charge >= 0.3 is 12.2 Å². The first-order valence-electron chi connectivity index (χ1n) is 11.0. The van der Waals surface area contributed by atoms with Crippen molar-refractivity contribution < 1.29 is 37.0 Å². The zero-order valence-corrected chi connectivity index (χ0v) is 20.1. The quantitative estimate of drug-likeness (QED) is 0.545. The van der Waals surface area contributed by atoms with E-state index in [4.69, 9.17) is 14.2 Å². The number of carbonyl (C=O) groups is 3. The number of amides is 2.